The lowest BCUT2D eigenvalue weighted by atomic mass is 10.2. The van der Waals surface area contributed by atoms with Gasteiger partial charge in [-0.15, -0.1) is 0 Å². The summed E-state index contributed by atoms with van der Waals surface area (Å²) in [6, 6.07) is 3.75. The summed E-state index contributed by atoms with van der Waals surface area (Å²) in [5.41, 5.74) is 0.257. The fraction of sp³-hybridized carbons (Fsp3) is 0.579. The molecule has 0 aliphatic carbocycles. The van der Waals surface area contributed by atoms with Crippen LogP contribution in [-0.4, -0.2) is 69.5 Å². The molecule has 3 rings (SSSR count). The van der Waals surface area contributed by atoms with Crippen molar-refractivity contribution in [2.75, 3.05) is 39.2 Å². The van der Waals surface area contributed by atoms with Gasteiger partial charge in [-0.3, -0.25) is 9.69 Å². The number of hydrogen-bond donors (Lipinski definition) is 1. The Labute approximate surface area is 171 Å². The van der Waals surface area contributed by atoms with Gasteiger partial charge in [0.05, 0.1) is 24.8 Å². The number of hydrogen-bond acceptors (Lipinski definition) is 6. The van der Waals surface area contributed by atoms with Crippen LogP contribution in [0.3, 0.4) is 0 Å². The molecular formula is C19H27N3O6S. The number of benzene rings is 1. The summed E-state index contributed by atoms with van der Waals surface area (Å²) in [6.45, 7) is 1.42. The van der Waals surface area contributed by atoms with E-state index >= 15 is 0 Å². The summed E-state index contributed by atoms with van der Waals surface area (Å²) in [4.78, 5) is 26.2. The van der Waals surface area contributed by atoms with Gasteiger partial charge in [0.1, 0.15) is 11.8 Å². The monoisotopic (exact) mass is 425 g/mol. The van der Waals surface area contributed by atoms with Crippen molar-refractivity contribution in [1.82, 2.24) is 9.21 Å². The van der Waals surface area contributed by atoms with Crippen LogP contribution >= 0.6 is 0 Å². The molecule has 1 N–H and O–H groups in total. The van der Waals surface area contributed by atoms with Gasteiger partial charge in [0.25, 0.3) is 0 Å². The lowest BCUT2D eigenvalue weighted by molar-refractivity contribution is -0.120. The van der Waals surface area contributed by atoms with Gasteiger partial charge in [-0.05, 0) is 43.9 Å². The Kier molecular flexibility index (Phi) is 6.63. The van der Waals surface area contributed by atoms with Crippen molar-refractivity contribution in [1.29, 1.82) is 0 Å². The van der Waals surface area contributed by atoms with Crippen LogP contribution in [-0.2, 0) is 19.6 Å². The molecule has 2 saturated heterocycles. The number of anilines is 1. The average molecular weight is 426 g/mol. The largest absolute Gasteiger partial charge is 0.495 e. The minimum atomic E-state index is -3.65. The molecule has 1 aromatic rings. The number of methoxy groups -OCH3 is 2. The third-order valence-corrected chi connectivity index (χ3v) is 7.24. The predicted octanol–water partition coefficient (Wildman–Crippen LogP) is 2.04. The molecule has 29 heavy (non-hydrogen) atoms. The van der Waals surface area contributed by atoms with E-state index in [0.29, 0.717) is 38.2 Å². The smallest absolute Gasteiger partial charge is 0.410 e. The Balaban J connectivity index is 1.84. The zero-order valence-electron chi connectivity index (χ0n) is 16.7. The van der Waals surface area contributed by atoms with Crippen molar-refractivity contribution in [3.63, 3.8) is 0 Å². The second-order valence-electron chi connectivity index (χ2n) is 7.14. The van der Waals surface area contributed by atoms with Gasteiger partial charge in [-0.25, -0.2) is 13.2 Å². The summed E-state index contributed by atoms with van der Waals surface area (Å²) in [6.07, 6.45) is 3.33. The predicted molar refractivity (Wildman–Crippen MR) is 106 cm³/mol. The van der Waals surface area contributed by atoms with Gasteiger partial charge >= 0.3 is 6.09 Å². The van der Waals surface area contributed by atoms with E-state index in [-0.39, 0.29) is 10.6 Å². The molecule has 0 radical (unpaired) electrons. The molecule has 2 heterocycles. The number of carbonyl (C=O) groups is 2. The third kappa shape index (κ3) is 4.48. The summed E-state index contributed by atoms with van der Waals surface area (Å²) in [7, 11) is -0.935. The second kappa shape index (κ2) is 9.00. The van der Waals surface area contributed by atoms with Crippen molar-refractivity contribution in [2.24, 2.45) is 0 Å². The molecule has 10 heteroatoms. The molecule has 1 aromatic carbocycles. The van der Waals surface area contributed by atoms with E-state index < -0.39 is 28.1 Å². The highest BCUT2D eigenvalue weighted by Crippen LogP contribution is 2.31. The summed E-state index contributed by atoms with van der Waals surface area (Å²) < 4.78 is 37.4. The fourth-order valence-electron chi connectivity index (χ4n) is 3.79. The molecular weight excluding hydrogens is 398 g/mol. The van der Waals surface area contributed by atoms with E-state index in [1.807, 2.05) is 0 Å². The highest BCUT2D eigenvalue weighted by Gasteiger charge is 2.35. The highest BCUT2D eigenvalue weighted by molar-refractivity contribution is 7.89. The van der Waals surface area contributed by atoms with Gasteiger partial charge in [-0.2, -0.15) is 4.31 Å². The number of rotatable bonds is 5. The van der Waals surface area contributed by atoms with Gasteiger partial charge in [-0.1, -0.05) is 6.42 Å². The van der Waals surface area contributed by atoms with Crippen molar-refractivity contribution < 1.29 is 27.5 Å². The molecule has 9 nitrogen and oxygen atoms in total. The van der Waals surface area contributed by atoms with Gasteiger partial charge in [0.15, 0.2) is 0 Å². The molecule has 2 amide bonds. The molecule has 0 bridgehead atoms. The summed E-state index contributed by atoms with van der Waals surface area (Å²) in [5.74, 6) is -0.0581. The zero-order valence-corrected chi connectivity index (χ0v) is 17.5. The molecule has 2 aliphatic rings. The Morgan fingerprint density at radius 3 is 2.45 bits per heavy atom. The van der Waals surface area contributed by atoms with E-state index in [4.69, 9.17) is 9.47 Å². The van der Waals surface area contributed by atoms with E-state index in [0.717, 1.165) is 19.3 Å². The number of nitrogens with one attached hydrogen (secondary N) is 1. The van der Waals surface area contributed by atoms with E-state index in [1.54, 1.807) is 0 Å². The van der Waals surface area contributed by atoms with E-state index in [9.17, 15) is 18.0 Å². The molecule has 160 valence electrons. The topological polar surface area (TPSA) is 105 Å². The molecule has 1 atom stereocenters. The van der Waals surface area contributed by atoms with Crippen LogP contribution in [0.15, 0.2) is 23.1 Å². The maximum Gasteiger partial charge on any atom is 0.410 e. The number of sulfonamides is 1. The van der Waals surface area contributed by atoms with Crippen LogP contribution in [0.5, 0.6) is 5.75 Å². The Hall–Kier alpha value is -2.33. The SMILES string of the molecule is COC(=O)N1CCCC1C(=O)Nc1cc(S(=O)(=O)N2CCCCC2)ccc1OC. The first kappa shape index (κ1) is 21.4. The lowest BCUT2D eigenvalue weighted by Gasteiger charge is -2.26. The zero-order chi connectivity index (χ0) is 21.0. The first-order valence-electron chi connectivity index (χ1n) is 9.72. The third-order valence-electron chi connectivity index (χ3n) is 5.35. The van der Waals surface area contributed by atoms with Crippen molar-refractivity contribution in [3.8, 4) is 5.75 Å². The first-order valence-corrected chi connectivity index (χ1v) is 11.2. The number of amides is 2. The molecule has 2 aliphatic heterocycles. The van der Waals surface area contributed by atoms with Crippen molar-refractivity contribution in [2.45, 2.75) is 43.0 Å². The van der Waals surface area contributed by atoms with Crippen LogP contribution < -0.4 is 10.1 Å². The molecule has 2 fully saturated rings. The van der Waals surface area contributed by atoms with Crippen molar-refractivity contribution in [3.05, 3.63) is 18.2 Å². The quantitative estimate of drug-likeness (QED) is 0.774. The number of piperidine rings is 1. The van der Waals surface area contributed by atoms with Crippen LogP contribution in [0.2, 0.25) is 0 Å². The second-order valence-corrected chi connectivity index (χ2v) is 9.08. The van der Waals surface area contributed by atoms with E-state index in [1.165, 1.54) is 41.6 Å². The molecule has 0 spiro atoms. The number of ether oxygens (including phenoxy) is 2. The molecule has 0 saturated carbocycles. The Morgan fingerprint density at radius 2 is 1.79 bits per heavy atom. The summed E-state index contributed by atoms with van der Waals surface area (Å²) in [5, 5.41) is 2.73. The van der Waals surface area contributed by atoms with Crippen molar-refractivity contribution >= 4 is 27.7 Å². The number of carbonyl (C=O) groups excluding carboxylic acids is 2. The van der Waals surface area contributed by atoms with Crippen LogP contribution in [0.25, 0.3) is 0 Å². The number of likely N-dealkylation sites (tertiary alicyclic amines) is 1. The average Bonchev–Trinajstić information content (AvgIpc) is 3.24. The maximum absolute atomic E-state index is 13.0. The maximum atomic E-state index is 13.0. The minimum Gasteiger partial charge on any atom is -0.495 e. The van der Waals surface area contributed by atoms with Crippen LogP contribution in [0.1, 0.15) is 32.1 Å². The molecule has 0 aromatic heterocycles. The summed E-state index contributed by atoms with van der Waals surface area (Å²) >= 11 is 0. The van der Waals surface area contributed by atoms with Gasteiger partial charge < -0.3 is 14.8 Å². The standard InChI is InChI=1S/C19H27N3O6S/c1-27-17-9-8-14(29(25,26)21-10-4-3-5-11-21)13-15(17)20-18(23)16-7-6-12-22(16)19(24)28-2/h8-9,13,16H,3-7,10-12H2,1-2H3,(H,20,23). The van der Waals surface area contributed by atoms with E-state index in [2.05, 4.69) is 5.32 Å². The minimum absolute atomic E-state index is 0.103. The highest BCUT2D eigenvalue weighted by atomic mass is 32.2. The fourth-order valence-corrected chi connectivity index (χ4v) is 5.33. The van der Waals surface area contributed by atoms with Crippen LogP contribution in [0.4, 0.5) is 10.5 Å². The van der Waals surface area contributed by atoms with Gasteiger partial charge in [0.2, 0.25) is 15.9 Å². The first-order chi connectivity index (χ1) is 13.9. The Morgan fingerprint density at radius 1 is 1.07 bits per heavy atom. The Bertz CT molecular complexity index is 867. The number of nitrogens with zero attached hydrogens (tertiary/aromatic N) is 2. The normalized spacial score (nSPS) is 20.3. The van der Waals surface area contributed by atoms with Gasteiger partial charge in [0, 0.05) is 19.6 Å². The lowest BCUT2D eigenvalue weighted by Crippen LogP contribution is -2.43. The van der Waals surface area contributed by atoms with Crippen LogP contribution in [0, 0.1) is 0 Å². The molecule has 1 unspecified atom stereocenters.